The molecule has 20 heavy (non-hydrogen) atoms. The monoisotopic (exact) mass is 271 g/mol. The number of benzene rings is 1. The number of ether oxygens (including phenoxy) is 1. The molecule has 3 rings (SSSR count). The highest BCUT2D eigenvalue weighted by Crippen LogP contribution is 2.16. The van der Waals surface area contributed by atoms with Crippen LogP contribution in [0.4, 0.5) is 0 Å². The molecule has 0 spiro atoms. The van der Waals surface area contributed by atoms with Crippen LogP contribution in [0.25, 0.3) is 5.69 Å². The van der Waals surface area contributed by atoms with Gasteiger partial charge in [0.25, 0.3) is 0 Å². The second kappa shape index (κ2) is 6.09. The van der Waals surface area contributed by atoms with Crippen LogP contribution in [0, 0.1) is 6.92 Å². The third-order valence-corrected chi connectivity index (χ3v) is 3.69. The minimum atomic E-state index is 0.478. The SMILES string of the molecule is Cc1cccc(-n2cc(OCC3CCCCN3)cn2)c1. The van der Waals surface area contributed by atoms with Crippen molar-refractivity contribution in [3.05, 3.63) is 42.2 Å². The number of hydrogen-bond donors (Lipinski definition) is 1. The summed E-state index contributed by atoms with van der Waals surface area (Å²) in [6, 6.07) is 8.76. The van der Waals surface area contributed by atoms with Crippen LogP contribution in [0.2, 0.25) is 0 Å². The number of piperidine rings is 1. The van der Waals surface area contributed by atoms with Gasteiger partial charge in [0.15, 0.2) is 5.75 Å². The van der Waals surface area contributed by atoms with E-state index in [1.165, 1.54) is 24.8 Å². The highest BCUT2D eigenvalue weighted by Gasteiger charge is 2.13. The molecule has 2 aromatic rings. The van der Waals surface area contributed by atoms with Crippen molar-refractivity contribution in [2.75, 3.05) is 13.2 Å². The highest BCUT2D eigenvalue weighted by molar-refractivity contribution is 5.35. The van der Waals surface area contributed by atoms with Crippen molar-refractivity contribution < 1.29 is 4.74 Å². The van der Waals surface area contributed by atoms with Crippen LogP contribution < -0.4 is 10.1 Å². The molecule has 1 aliphatic heterocycles. The number of nitrogens with zero attached hydrogens (tertiary/aromatic N) is 2. The Bertz CT molecular complexity index is 558. The average molecular weight is 271 g/mol. The molecule has 4 heteroatoms. The molecule has 1 aromatic carbocycles. The Morgan fingerprint density at radius 1 is 1.40 bits per heavy atom. The van der Waals surface area contributed by atoms with E-state index in [-0.39, 0.29) is 0 Å². The van der Waals surface area contributed by atoms with E-state index in [9.17, 15) is 0 Å². The summed E-state index contributed by atoms with van der Waals surface area (Å²) < 4.78 is 7.69. The summed E-state index contributed by atoms with van der Waals surface area (Å²) in [6.07, 6.45) is 7.50. The lowest BCUT2D eigenvalue weighted by Gasteiger charge is -2.22. The van der Waals surface area contributed by atoms with Gasteiger partial charge >= 0.3 is 0 Å². The Kier molecular flexibility index (Phi) is 4.02. The maximum absolute atomic E-state index is 5.83. The van der Waals surface area contributed by atoms with Gasteiger partial charge in [-0.25, -0.2) is 4.68 Å². The van der Waals surface area contributed by atoms with Gasteiger partial charge in [-0.05, 0) is 44.0 Å². The number of aromatic nitrogens is 2. The molecule has 2 heterocycles. The molecule has 1 N–H and O–H groups in total. The molecule has 0 amide bonds. The Hall–Kier alpha value is -1.81. The predicted octanol–water partition coefficient (Wildman–Crippen LogP) is 2.70. The lowest BCUT2D eigenvalue weighted by Crippen LogP contribution is -2.38. The van der Waals surface area contributed by atoms with E-state index in [0.29, 0.717) is 6.04 Å². The quantitative estimate of drug-likeness (QED) is 0.929. The van der Waals surface area contributed by atoms with Crippen LogP contribution >= 0.6 is 0 Å². The smallest absolute Gasteiger partial charge is 0.157 e. The molecule has 1 unspecified atom stereocenters. The van der Waals surface area contributed by atoms with Crippen molar-refractivity contribution in [2.24, 2.45) is 0 Å². The van der Waals surface area contributed by atoms with E-state index < -0.39 is 0 Å². The lowest BCUT2D eigenvalue weighted by molar-refractivity contribution is 0.239. The zero-order valence-electron chi connectivity index (χ0n) is 11.9. The molecule has 0 radical (unpaired) electrons. The first-order chi connectivity index (χ1) is 9.81. The Labute approximate surface area is 119 Å². The van der Waals surface area contributed by atoms with Gasteiger partial charge in [0.2, 0.25) is 0 Å². The second-order valence-corrected chi connectivity index (χ2v) is 5.42. The molecule has 1 fully saturated rings. The van der Waals surface area contributed by atoms with E-state index in [1.54, 1.807) is 6.20 Å². The maximum atomic E-state index is 5.83. The van der Waals surface area contributed by atoms with Crippen molar-refractivity contribution in [1.29, 1.82) is 0 Å². The molecule has 106 valence electrons. The first kappa shape index (κ1) is 13.2. The lowest BCUT2D eigenvalue weighted by atomic mass is 10.1. The second-order valence-electron chi connectivity index (χ2n) is 5.42. The van der Waals surface area contributed by atoms with Crippen LogP contribution in [-0.4, -0.2) is 29.0 Å². The summed E-state index contributed by atoms with van der Waals surface area (Å²) in [5, 5.41) is 7.85. The van der Waals surface area contributed by atoms with Crippen LogP contribution in [-0.2, 0) is 0 Å². The number of hydrogen-bond acceptors (Lipinski definition) is 3. The van der Waals surface area contributed by atoms with Gasteiger partial charge in [-0.2, -0.15) is 5.10 Å². The molecule has 1 atom stereocenters. The minimum absolute atomic E-state index is 0.478. The summed E-state index contributed by atoms with van der Waals surface area (Å²) in [5.74, 6) is 0.832. The van der Waals surface area contributed by atoms with Gasteiger partial charge < -0.3 is 10.1 Å². The normalized spacial score (nSPS) is 18.9. The highest BCUT2D eigenvalue weighted by atomic mass is 16.5. The Balaban J connectivity index is 1.61. The fourth-order valence-corrected chi connectivity index (χ4v) is 2.56. The summed E-state index contributed by atoms with van der Waals surface area (Å²) >= 11 is 0. The first-order valence-corrected chi connectivity index (χ1v) is 7.29. The van der Waals surface area contributed by atoms with Crippen molar-refractivity contribution in [2.45, 2.75) is 32.2 Å². The first-order valence-electron chi connectivity index (χ1n) is 7.29. The number of aryl methyl sites for hydroxylation is 1. The standard InChI is InChI=1S/C16H21N3O/c1-13-5-4-7-15(9-13)19-11-16(10-18-19)20-12-14-6-2-3-8-17-14/h4-5,7,9-11,14,17H,2-3,6,8,12H2,1H3. The molecule has 1 saturated heterocycles. The van der Waals surface area contributed by atoms with E-state index in [4.69, 9.17) is 4.74 Å². The van der Waals surface area contributed by atoms with Gasteiger partial charge in [-0.15, -0.1) is 0 Å². The number of rotatable bonds is 4. The van der Waals surface area contributed by atoms with Crippen LogP contribution in [0.3, 0.4) is 0 Å². The van der Waals surface area contributed by atoms with Crippen molar-refractivity contribution in [1.82, 2.24) is 15.1 Å². The third kappa shape index (κ3) is 3.20. The molecule has 1 aliphatic rings. The van der Waals surface area contributed by atoms with E-state index in [0.717, 1.165) is 24.6 Å². The zero-order valence-corrected chi connectivity index (χ0v) is 11.9. The summed E-state index contributed by atoms with van der Waals surface area (Å²) in [6.45, 7) is 3.91. The van der Waals surface area contributed by atoms with Gasteiger partial charge in [0.1, 0.15) is 6.61 Å². The fourth-order valence-electron chi connectivity index (χ4n) is 2.56. The molecular formula is C16H21N3O. The van der Waals surface area contributed by atoms with Crippen molar-refractivity contribution >= 4 is 0 Å². The third-order valence-electron chi connectivity index (χ3n) is 3.69. The maximum Gasteiger partial charge on any atom is 0.157 e. The largest absolute Gasteiger partial charge is 0.489 e. The molecule has 0 saturated carbocycles. The van der Waals surface area contributed by atoms with E-state index in [1.807, 2.05) is 23.0 Å². The van der Waals surface area contributed by atoms with Crippen LogP contribution in [0.5, 0.6) is 5.75 Å². The van der Waals surface area contributed by atoms with Crippen LogP contribution in [0.15, 0.2) is 36.7 Å². The summed E-state index contributed by atoms with van der Waals surface area (Å²) in [5.41, 5.74) is 2.29. The van der Waals surface area contributed by atoms with E-state index >= 15 is 0 Å². The zero-order chi connectivity index (χ0) is 13.8. The molecular weight excluding hydrogens is 250 g/mol. The average Bonchev–Trinajstić information content (AvgIpc) is 2.95. The van der Waals surface area contributed by atoms with Gasteiger partial charge in [0.05, 0.1) is 18.1 Å². The molecule has 0 aliphatic carbocycles. The Morgan fingerprint density at radius 2 is 2.35 bits per heavy atom. The van der Waals surface area contributed by atoms with Crippen LogP contribution in [0.1, 0.15) is 24.8 Å². The van der Waals surface area contributed by atoms with Gasteiger partial charge in [0, 0.05) is 6.04 Å². The van der Waals surface area contributed by atoms with Gasteiger partial charge in [-0.1, -0.05) is 18.6 Å². The summed E-state index contributed by atoms with van der Waals surface area (Å²) in [4.78, 5) is 0. The molecule has 1 aromatic heterocycles. The van der Waals surface area contributed by atoms with Crippen molar-refractivity contribution in [3.63, 3.8) is 0 Å². The van der Waals surface area contributed by atoms with Crippen molar-refractivity contribution in [3.8, 4) is 11.4 Å². The van der Waals surface area contributed by atoms with Gasteiger partial charge in [-0.3, -0.25) is 0 Å². The minimum Gasteiger partial charge on any atom is -0.489 e. The topological polar surface area (TPSA) is 39.1 Å². The summed E-state index contributed by atoms with van der Waals surface area (Å²) in [7, 11) is 0. The fraction of sp³-hybridized carbons (Fsp3) is 0.438. The predicted molar refractivity (Wildman–Crippen MR) is 79.4 cm³/mol. The molecule has 0 bridgehead atoms. The number of nitrogens with one attached hydrogen (secondary N) is 1. The molecule has 4 nitrogen and oxygen atoms in total. The van der Waals surface area contributed by atoms with E-state index in [2.05, 4.69) is 29.5 Å². The Morgan fingerprint density at radius 3 is 3.15 bits per heavy atom.